The third kappa shape index (κ3) is 4.29. The summed E-state index contributed by atoms with van der Waals surface area (Å²) in [6.07, 6.45) is -2.43. The van der Waals surface area contributed by atoms with E-state index in [0.29, 0.717) is 6.42 Å². The Bertz CT molecular complexity index is 545. The van der Waals surface area contributed by atoms with Gasteiger partial charge in [0.2, 0.25) is 0 Å². The molecule has 1 aromatic rings. The van der Waals surface area contributed by atoms with Crippen molar-refractivity contribution in [3.63, 3.8) is 0 Å². The van der Waals surface area contributed by atoms with E-state index >= 15 is 0 Å². The normalized spacial score (nSPS) is 13.8. The molecule has 5 heteroatoms. The Morgan fingerprint density at radius 3 is 1.72 bits per heavy atom. The first-order chi connectivity index (χ1) is 11.4. The molecule has 0 atom stereocenters. The van der Waals surface area contributed by atoms with E-state index in [4.69, 9.17) is 0 Å². The number of rotatable bonds is 9. The van der Waals surface area contributed by atoms with Gasteiger partial charge in [0, 0.05) is 5.41 Å². The number of hydrogen-bond acceptors (Lipinski definition) is 1. The van der Waals surface area contributed by atoms with Crippen molar-refractivity contribution in [3.05, 3.63) is 29.8 Å². The van der Waals surface area contributed by atoms with Gasteiger partial charge in [-0.3, -0.25) is 0 Å². The Labute approximate surface area is 148 Å². The maximum absolute atomic E-state index is 14.4. The monoisotopic (exact) mass is 362 g/mol. The first kappa shape index (κ1) is 21.8. The van der Waals surface area contributed by atoms with Crippen LogP contribution in [0.5, 0.6) is 5.75 Å². The highest BCUT2D eigenvalue weighted by molar-refractivity contribution is 5.32. The zero-order valence-corrected chi connectivity index (χ0v) is 16.1. The Kier molecular flexibility index (Phi) is 6.57. The molecule has 0 fully saturated rings. The van der Waals surface area contributed by atoms with Gasteiger partial charge in [-0.25, -0.2) is 0 Å². The van der Waals surface area contributed by atoms with E-state index in [1.54, 1.807) is 19.1 Å². The highest BCUT2D eigenvalue weighted by Gasteiger charge is 2.67. The molecule has 144 valence electrons. The minimum Gasteiger partial charge on any atom is -0.428 e. The molecule has 0 spiro atoms. The number of alkyl halides is 4. The number of hydrogen-bond donors (Lipinski definition) is 0. The molecule has 1 aromatic carbocycles. The lowest BCUT2D eigenvalue weighted by molar-refractivity contribution is -0.344. The Morgan fingerprint density at radius 2 is 1.32 bits per heavy atom. The molecule has 0 aliphatic heterocycles. The molecule has 0 bridgehead atoms. The van der Waals surface area contributed by atoms with E-state index in [2.05, 4.69) is 25.5 Å². The van der Waals surface area contributed by atoms with E-state index in [1.165, 1.54) is 12.1 Å². The van der Waals surface area contributed by atoms with Crippen molar-refractivity contribution >= 4 is 0 Å². The molecule has 25 heavy (non-hydrogen) atoms. The lowest BCUT2D eigenvalue weighted by Crippen LogP contribution is -2.54. The molecular weight excluding hydrogens is 332 g/mol. The summed E-state index contributed by atoms with van der Waals surface area (Å²) in [5, 5.41) is 0. The van der Waals surface area contributed by atoms with Crippen LogP contribution in [0, 0.1) is 5.41 Å². The van der Waals surface area contributed by atoms with Gasteiger partial charge in [0.15, 0.2) is 0 Å². The van der Waals surface area contributed by atoms with Gasteiger partial charge < -0.3 is 4.74 Å². The number of ether oxygens (including phenoxy) is 1. The fourth-order valence-corrected chi connectivity index (χ4v) is 2.97. The summed E-state index contributed by atoms with van der Waals surface area (Å²) in [6, 6.07) is 6.03. The van der Waals surface area contributed by atoms with Gasteiger partial charge in [0.05, 0.1) is 0 Å². The van der Waals surface area contributed by atoms with Crippen LogP contribution in [0.25, 0.3) is 0 Å². The fourth-order valence-electron chi connectivity index (χ4n) is 2.97. The van der Waals surface area contributed by atoms with Crippen molar-refractivity contribution in [1.29, 1.82) is 0 Å². The van der Waals surface area contributed by atoms with Crippen LogP contribution in [-0.2, 0) is 5.41 Å². The molecule has 0 aromatic heterocycles. The maximum atomic E-state index is 14.4. The predicted molar refractivity (Wildman–Crippen MR) is 93.6 cm³/mol. The molecule has 0 heterocycles. The Morgan fingerprint density at radius 1 is 0.840 bits per heavy atom. The van der Waals surface area contributed by atoms with Gasteiger partial charge in [-0.05, 0) is 42.4 Å². The molecule has 0 aliphatic rings. The summed E-state index contributed by atoms with van der Waals surface area (Å²) in [6.45, 7) is 10.2. The maximum Gasteiger partial charge on any atom is 0.464 e. The average molecular weight is 362 g/mol. The van der Waals surface area contributed by atoms with Gasteiger partial charge in [-0.2, -0.15) is 17.6 Å². The molecule has 1 nitrogen and oxygen atoms in total. The van der Waals surface area contributed by atoms with Crippen LogP contribution in [0.4, 0.5) is 17.6 Å². The Hall–Kier alpha value is -1.26. The van der Waals surface area contributed by atoms with Crippen molar-refractivity contribution in [1.82, 2.24) is 0 Å². The second-order valence-electron chi connectivity index (χ2n) is 7.62. The van der Waals surface area contributed by atoms with Crippen LogP contribution in [0.2, 0.25) is 0 Å². The standard InChI is InChI=1S/C20H30F4O/c1-7-14-17(4,5)19(21,22)20(23,24)25-16-12-10-15(11-13-16)18(6,8-2)9-3/h10-13H,7-9,14H2,1-6H3. The third-order valence-corrected chi connectivity index (χ3v) is 5.45. The largest absolute Gasteiger partial charge is 0.464 e. The minimum atomic E-state index is -4.58. The van der Waals surface area contributed by atoms with Crippen LogP contribution in [0.15, 0.2) is 24.3 Å². The molecule has 1 rings (SSSR count). The summed E-state index contributed by atoms with van der Waals surface area (Å²) in [4.78, 5) is 0. The quantitative estimate of drug-likeness (QED) is 0.422. The SMILES string of the molecule is CCCC(C)(C)C(F)(F)C(F)(F)Oc1ccc(C(C)(CC)CC)cc1. The van der Waals surface area contributed by atoms with Crippen molar-refractivity contribution in [2.24, 2.45) is 5.41 Å². The lowest BCUT2D eigenvalue weighted by Gasteiger charge is -2.38. The highest BCUT2D eigenvalue weighted by atomic mass is 19.3. The van der Waals surface area contributed by atoms with Crippen molar-refractivity contribution in [2.45, 2.75) is 84.7 Å². The van der Waals surface area contributed by atoms with E-state index in [-0.39, 0.29) is 17.6 Å². The smallest absolute Gasteiger partial charge is 0.428 e. The van der Waals surface area contributed by atoms with Crippen molar-refractivity contribution in [2.75, 3.05) is 0 Å². The molecule has 0 radical (unpaired) electrons. The van der Waals surface area contributed by atoms with Gasteiger partial charge in [0.25, 0.3) is 0 Å². The first-order valence-corrected chi connectivity index (χ1v) is 8.92. The van der Waals surface area contributed by atoms with Crippen LogP contribution < -0.4 is 4.74 Å². The summed E-state index contributed by atoms with van der Waals surface area (Å²) in [5.41, 5.74) is -0.964. The molecule has 0 saturated carbocycles. The van der Waals surface area contributed by atoms with E-state index < -0.39 is 17.4 Å². The van der Waals surface area contributed by atoms with Crippen molar-refractivity contribution in [3.8, 4) is 5.75 Å². The zero-order valence-electron chi connectivity index (χ0n) is 16.1. The first-order valence-electron chi connectivity index (χ1n) is 8.92. The molecule has 0 saturated heterocycles. The summed E-state index contributed by atoms with van der Waals surface area (Å²) in [7, 11) is 0. The zero-order chi connectivity index (χ0) is 19.5. The van der Waals surface area contributed by atoms with Gasteiger partial charge >= 0.3 is 12.0 Å². The molecular formula is C20H30F4O. The fraction of sp³-hybridized carbons (Fsp3) is 0.700. The second kappa shape index (κ2) is 7.55. The van der Waals surface area contributed by atoms with Gasteiger partial charge in [0.1, 0.15) is 5.75 Å². The minimum absolute atomic E-state index is 0.0246. The molecule has 0 amide bonds. The lowest BCUT2D eigenvalue weighted by atomic mass is 9.78. The van der Waals surface area contributed by atoms with E-state index in [9.17, 15) is 17.6 Å². The van der Waals surface area contributed by atoms with Gasteiger partial charge in [-0.1, -0.05) is 60.1 Å². The van der Waals surface area contributed by atoms with Crippen LogP contribution in [-0.4, -0.2) is 12.0 Å². The second-order valence-corrected chi connectivity index (χ2v) is 7.62. The third-order valence-electron chi connectivity index (χ3n) is 5.45. The molecule has 0 N–H and O–H groups in total. The predicted octanol–water partition coefficient (Wildman–Crippen LogP) is 7.20. The topological polar surface area (TPSA) is 9.23 Å². The Balaban J connectivity index is 3.04. The average Bonchev–Trinajstić information content (AvgIpc) is 2.54. The van der Waals surface area contributed by atoms with Gasteiger partial charge in [-0.15, -0.1) is 0 Å². The summed E-state index contributed by atoms with van der Waals surface area (Å²) >= 11 is 0. The van der Waals surface area contributed by atoms with Crippen molar-refractivity contribution < 1.29 is 22.3 Å². The number of benzene rings is 1. The summed E-state index contributed by atoms with van der Waals surface area (Å²) < 4.78 is 61.6. The highest BCUT2D eigenvalue weighted by Crippen LogP contribution is 2.50. The summed E-state index contributed by atoms with van der Waals surface area (Å²) in [5.74, 6) is -4.54. The van der Waals surface area contributed by atoms with Crippen LogP contribution >= 0.6 is 0 Å². The van der Waals surface area contributed by atoms with Crippen LogP contribution in [0.1, 0.15) is 72.8 Å². The van der Waals surface area contributed by atoms with E-state index in [0.717, 1.165) is 32.3 Å². The van der Waals surface area contributed by atoms with E-state index in [1.807, 2.05) is 0 Å². The molecule has 0 unspecified atom stereocenters. The molecule has 0 aliphatic carbocycles. The number of halogens is 4. The van der Waals surface area contributed by atoms with Crippen LogP contribution in [0.3, 0.4) is 0 Å².